The van der Waals surface area contributed by atoms with Gasteiger partial charge in [-0.15, -0.1) is 0 Å². The number of fused-ring (bicyclic) bond motifs is 2. The van der Waals surface area contributed by atoms with Crippen LogP contribution >= 0.6 is 0 Å². The van der Waals surface area contributed by atoms with Crippen molar-refractivity contribution in [2.75, 3.05) is 13.9 Å². The van der Waals surface area contributed by atoms with E-state index in [1.807, 2.05) is 56.3 Å². The number of hydrogen-bond acceptors (Lipinski definition) is 5. The summed E-state index contributed by atoms with van der Waals surface area (Å²) in [6.45, 7) is 4.20. The summed E-state index contributed by atoms with van der Waals surface area (Å²) in [6, 6.07) is 16.9. The highest BCUT2D eigenvalue weighted by Gasteiger charge is 2.22. The third kappa shape index (κ3) is 4.03. The molecular weight excluding hydrogens is 356 g/mol. The lowest BCUT2D eigenvalue weighted by atomic mass is 9.87. The molecule has 1 heterocycles. The maximum absolute atomic E-state index is 12.0. The summed E-state index contributed by atoms with van der Waals surface area (Å²) in [7, 11) is 1.39. The van der Waals surface area contributed by atoms with Gasteiger partial charge in [0.05, 0.1) is 13.5 Å². The summed E-state index contributed by atoms with van der Waals surface area (Å²) in [5.74, 6) is 1.11. The number of aromatic hydroxyl groups is 1. The second-order valence-electron chi connectivity index (χ2n) is 6.24. The molecule has 146 valence electrons. The van der Waals surface area contributed by atoms with Crippen LogP contribution in [0.15, 0.2) is 54.6 Å². The highest BCUT2D eigenvalue weighted by Crippen LogP contribution is 2.38. The normalized spacial score (nSPS) is 12.8. The fraction of sp³-hybridized carbons (Fsp3) is 0.261. The van der Waals surface area contributed by atoms with Gasteiger partial charge in [-0.1, -0.05) is 44.2 Å². The number of rotatable bonds is 4. The molecule has 28 heavy (non-hydrogen) atoms. The Kier molecular flexibility index (Phi) is 6.04. The van der Waals surface area contributed by atoms with Crippen molar-refractivity contribution in [2.24, 2.45) is 0 Å². The van der Waals surface area contributed by atoms with E-state index in [0.717, 1.165) is 21.9 Å². The molecule has 5 heteroatoms. The monoisotopic (exact) mass is 380 g/mol. The van der Waals surface area contributed by atoms with Crippen molar-refractivity contribution in [2.45, 2.75) is 26.2 Å². The van der Waals surface area contributed by atoms with Gasteiger partial charge in [-0.25, -0.2) is 0 Å². The Bertz CT molecular complexity index is 980. The van der Waals surface area contributed by atoms with Crippen LogP contribution < -0.4 is 9.47 Å². The molecule has 3 aromatic carbocycles. The zero-order valence-corrected chi connectivity index (χ0v) is 16.3. The van der Waals surface area contributed by atoms with Gasteiger partial charge in [-0.3, -0.25) is 4.79 Å². The number of phenolic OH excluding ortho intramolecular Hbond substituents is 1. The predicted octanol–water partition coefficient (Wildman–Crippen LogP) is 5.00. The van der Waals surface area contributed by atoms with E-state index in [1.165, 1.54) is 7.11 Å². The molecule has 1 atom stereocenters. The van der Waals surface area contributed by atoms with Crippen LogP contribution in [-0.2, 0) is 9.53 Å². The molecule has 0 saturated carbocycles. The van der Waals surface area contributed by atoms with E-state index in [1.54, 1.807) is 12.1 Å². The minimum atomic E-state index is -0.288. The number of carbonyl (C=O) groups excluding carboxylic acids is 1. The standard InChI is InChI=1S/C21H18O5.C2H6/c1-24-21(23)11-18(15-5-7-19-20(10-15)26-12-25-19)14-3-2-13-4-6-17(22)9-16(13)8-14;1-2/h2-10,18,22H,11-12H2,1H3;1-2H3. The van der Waals surface area contributed by atoms with Crippen LogP contribution in [0, 0.1) is 0 Å². The molecule has 3 aromatic rings. The zero-order chi connectivity index (χ0) is 20.1. The third-order valence-corrected chi connectivity index (χ3v) is 4.65. The lowest BCUT2D eigenvalue weighted by molar-refractivity contribution is -0.140. The van der Waals surface area contributed by atoms with Crippen molar-refractivity contribution in [3.8, 4) is 17.2 Å². The fourth-order valence-electron chi connectivity index (χ4n) is 3.28. The number of esters is 1. The molecule has 0 aromatic heterocycles. The van der Waals surface area contributed by atoms with E-state index < -0.39 is 0 Å². The molecule has 0 aliphatic carbocycles. The van der Waals surface area contributed by atoms with Gasteiger partial charge in [-0.2, -0.15) is 0 Å². The number of methoxy groups -OCH3 is 1. The maximum atomic E-state index is 12.0. The lowest BCUT2D eigenvalue weighted by Crippen LogP contribution is -2.10. The SMILES string of the molecule is CC.COC(=O)CC(c1ccc2c(c1)OCO2)c1ccc2ccc(O)cc2c1. The molecule has 1 N–H and O–H groups in total. The second kappa shape index (κ2) is 8.65. The van der Waals surface area contributed by atoms with Gasteiger partial charge in [0.2, 0.25) is 6.79 Å². The Labute approximate surface area is 164 Å². The molecule has 1 unspecified atom stereocenters. The average molecular weight is 380 g/mol. The number of carbonyl (C=O) groups is 1. The first-order valence-electron chi connectivity index (χ1n) is 9.33. The van der Waals surface area contributed by atoms with Gasteiger partial charge < -0.3 is 19.3 Å². The highest BCUT2D eigenvalue weighted by atomic mass is 16.7. The predicted molar refractivity (Wildman–Crippen MR) is 108 cm³/mol. The average Bonchev–Trinajstić information content (AvgIpc) is 3.20. The van der Waals surface area contributed by atoms with Crippen molar-refractivity contribution in [1.29, 1.82) is 0 Å². The highest BCUT2D eigenvalue weighted by molar-refractivity contribution is 5.85. The first kappa shape index (κ1) is 19.5. The first-order valence-corrected chi connectivity index (χ1v) is 9.33. The quantitative estimate of drug-likeness (QED) is 0.646. The van der Waals surface area contributed by atoms with Gasteiger partial charge in [0, 0.05) is 5.92 Å². The van der Waals surface area contributed by atoms with Crippen LogP contribution in [0.1, 0.15) is 37.3 Å². The number of ether oxygens (including phenoxy) is 3. The fourth-order valence-corrected chi connectivity index (χ4v) is 3.28. The molecule has 0 fully saturated rings. The van der Waals surface area contributed by atoms with Gasteiger partial charge in [0.1, 0.15) is 5.75 Å². The Balaban J connectivity index is 0.00000109. The van der Waals surface area contributed by atoms with E-state index >= 15 is 0 Å². The van der Waals surface area contributed by atoms with Crippen LogP contribution in [0.4, 0.5) is 0 Å². The van der Waals surface area contributed by atoms with E-state index in [0.29, 0.717) is 11.5 Å². The van der Waals surface area contributed by atoms with E-state index in [-0.39, 0.29) is 30.9 Å². The largest absolute Gasteiger partial charge is 0.508 e. The van der Waals surface area contributed by atoms with E-state index in [4.69, 9.17) is 14.2 Å². The minimum Gasteiger partial charge on any atom is -0.508 e. The molecule has 0 spiro atoms. The summed E-state index contributed by atoms with van der Waals surface area (Å²) in [5.41, 5.74) is 1.91. The number of benzene rings is 3. The van der Waals surface area contributed by atoms with E-state index in [9.17, 15) is 9.90 Å². The van der Waals surface area contributed by atoms with Gasteiger partial charge in [0.25, 0.3) is 0 Å². The number of hydrogen-bond donors (Lipinski definition) is 1. The summed E-state index contributed by atoms with van der Waals surface area (Å²) in [5, 5.41) is 11.7. The Morgan fingerprint density at radius 2 is 1.64 bits per heavy atom. The maximum Gasteiger partial charge on any atom is 0.306 e. The van der Waals surface area contributed by atoms with Crippen molar-refractivity contribution in [3.05, 3.63) is 65.7 Å². The molecule has 0 saturated heterocycles. The smallest absolute Gasteiger partial charge is 0.306 e. The van der Waals surface area contributed by atoms with Gasteiger partial charge in [0.15, 0.2) is 11.5 Å². The van der Waals surface area contributed by atoms with Crippen LogP contribution in [0.25, 0.3) is 10.8 Å². The molecule has 1 aliphatic heterocycles. The molecular formula is C23H24O5. The molecule has 4 rings (SSSR count). The van der Waals surface area contributed by atoms with E-state index in [2.05, 4.69) is 0 Å². The second-order valence-corrected chi connectivity index (χ2v) is 6.24. The lowest BCUT2D eigenvalue weighted by Gasteiger charge is -2.18. The van der Waals surface area contributed by atoms with Crippen LogP contribution in [0.2, 0.25) is 0 Å². The summed E-state index contributed by atoms with van der Waals surface area (Å²) >= 11 is 0. The summed E-state index contributed by atoms with van der Waals surface area (Å²) < 4.78 is 15.7. The van der Waals surface area contributed by atoms with Crippen molar-refractivity contribution in [3.63, 3.8) is 0 Å². The van der Waals surface area contributed by atoms with Crippen LogP contribution in [0.3, 0.4) is 0 Å². The molecule has 1 aliphatic rings. The number of phenols is 1. The van der Waals surface area contributed by atoms with Crippen molar-refractivity contribution >= 4 is 16.7 Å². The third-order valence-electron chi connectivity index (χ3n) is 4.65. The van der Waals surface area contributed by atoms with Crippen LogP contribution in [0.5, 0.6) is 17.2 Å². The van der Waals surface area contributed by atoms with Crippen LogP contribution in [-0.4, -0.2) is 25.0 Å². The van der Waals surface area contributed by atoms with Crippen molar-refractivity contribution in [1.82, 2.24) is 0 Å². The molecule has 5 nitrogen and oxygen atoms in total. The van der Waals surface area contributed by atoms with Gasteiger partial charge in [-0.05, 0) is 46.2 Å². The molecule has 0 radical (unpaired) electrons. The zero-order valence-electron chi connectivity index (χ0n) is 16.3. The van der Waals surface area contributed by atoms with Gasteiger partial charge >= 0.3 is 5.97 Å². The molecule has 0 amide bonds. The Hall–Kier alpha value is -3.21. The summed E-state index contributed by atoms with van der Waals surface area (Å²) in [4.78, 5) is 12.0. The first-order chi connectivity index (χ1) is 13.6. The summed E-state index contributed by atoms with van der Waals surface area (Å²) in [6.07, 6.45) is 0.209. The van der Waals surface area contributed by atoms with Crippen molar-refractivity contribution < 1.29 is 24.1 Å². The molecule has 0 bridgehead atoms. The minimum absolute atomic E-state index is 0.191. The topological polar surface area (TPSA) is 65.0 Å². The Morgan fingerprint density at radius 1 is 0.964 bits per heavy atom. The Morgan fingerprint density at radius 3 is 2.43 bits per heavy atom.